The Morgan fingerprint density at radius 2 is 0.971 bits per heavy atom. The van der Waals surface area contributed by atoms with Crippen molar-refractivity contribution in [3.8, 4) is 45.0 Å². The smallest absolute Gasteiger partial charge is 0.160 e. The summed E-state index contributed by atoms with van der Waals surface area (Å²) >= 11 is 6.10. The third-order valence-electron chi connectivity index (χ3n) is 6.00. The minimum Gasteiger partial charge on any atom is -0.236 e. The van der Waals surface area contributed by atoms with Gasteiger partial charge in [0.2, 0.25) is 0 Å². The average Bonchev–Trinajstić information content (AvgIpc) is 2.93. The molecule has 4 heteroatoms. The Bertz CT molecular complexity index is 1570. The van der Waals surface area contributed by atoms with Gasteiger partial charge in [0.05, 0.1) is 16.9 Å². The van der Waals surface area contributed by atoms with Gasteiger partial charge in [0.1, 0.15) is 5.15 Å². The second-order valence-electron chi connectivity index (χ2n) is 8.31. The number of aromatic nitrogens is 3. The van der Waals surface area contributed by atoms with E-state index in [1.807, 2.05) is 60.7 Å². The van der Waals surface area contributed by atoms with E-state index in [1.54, 1.807) is 0 Å². The number of pyridine rings is 1. The van der Waals surface area contributed by atoms with Gasteiger partial charge in [-0.1, -0.05) is 109 Å². The predicted octanol–water partition coefficient (Wildman–Crippen LogP) is 8.35. The van der Waals surface area contributed by atoms with E-state index in [9.17, 15) is 0 Å². The van der Waals surface area contributed by atoms with Crippen molar-refractivity contribution in [2.24, 2.45) is 0 Å². The van der Waals surface area contributed by atoms with Crippen molar-refractivity contribution in [3.63, 3.8) is 0 Å². The third kappa shape index (κ3) is 4.42. The highest BCUT2D eigenvalue weighted by molar-refractivity contribution is 6.29. The van der Waals surface area contributed by atoms with Crippen LogP contribution in [0.3, 0.4) is 0 Å². The molecule has 0 aliphatic carbocycles. The van der Waals surface area contributed by atoms with E-state index in [0.717, 1.165) is 50.1 Å². The number of halogens is 1. The Morgan fingerprint density at radius 1 is 0.429 bits per heavy atom. The molecule has 0 saturated heterocycles. The van der Waals surface area contributed by atoms with E-state index in [-0.39, 0.29) is 0 Å². The standard InChI is InChI=1S/C31H20ClN3/c32-30-18-17-24-15-16-26(19-27(24)33-30)21-11-13-23(14-12-21)29-20-28(22-7-3-1-4-8-22)34-31(35-29)25-9-5-2-6-10-25/h1-20H. The lowest BCUT2D eigenvalue weighted by Crippen LogP contribution is -1.95. The van der Waals surface area contributed by atoms with Crippen LogP contribution < -0.4 is 0 Å². The molecule has 0 amide bonds. The van der Waals surface area contributed by atoms with Crippen LogP contribution in [-0.4, -0.2) is 15.0 Å². The number of fused-ring (bicyclic) bond motifs is 1. The Balaban J connectivity index is 1.41. The van der Waals surface area contributed by atoms with Gasteiger partial charge >= 0.3 is 0 Å². The Labute approximate surface area is 208 Å². The molecular formula is C31H20ClN3. The molecule has 0 fully saturated rings. The van der Waals surface area contributed by atoms with Crippen LogP contribution in [0.2, 0.25) is 5.15 Å². The van der Waals surface area contributed by atoms with Crippen LogP contribution in [-0.2, 0) is 0 Å². The highest BCUT2D eigenvalue weighted by atomic mass is 35.5. The van der Waals surface area contributed by atoms with E-state index in [2.05, 4.69) is 65.6 Å². The predicted molar refractivity (Wildman–Crippen MR) is 144 cm³/mol. The molecule has 166 valence electrons. The van der Waals surface area contributed by atoms with Crippen LogP contribution in [0.4, 0.5) is 0 Å². The van der Waals surface area contributed by atoms with Crippen LogP contribution in [0, 0.1) is 0 Å². The van der Waals surface area contributed by atoms with Crippen LogP contribution in [0.15, 0.2) is 121 Å². The first-order valence-corrected chi connectivity index (χ1v) is 11.8. The molecule has 6 rings (SSSR count). The summed E-state index contributed by atoms with van der Waals surface area (Å²) in [7, 11) is 0. The van der Waals surface area contributed by atoms with Gasteiger partial charge in [-0.25, -0.2) is 15.0 Å². The van der Waals surface area contributed by atoms with Gasteiger partial charge < -0.3 is 0 Å². The maximum Gasteiger partial charge on any atom is 0.160 e. The summed E-state index contributed by atoms with van der Waals surface area (Å²) in [5.41, 5.74) is 7.96. The molecule has 0 aliphatic heterocycles. The zero-order valence-corrected chi connectivity index (χ0v) is 19.5. The van der Waals surface area contributed by atoms with E-state index >= 15 is 0 Å². The highest BCUT2D eigenvalue weighted by Gasteiger charge is 2.11. The van der Waals surface area contributed by atoms with Crippen LogP contribution in [0.5, 0.6) is 0 Å². The van der Waals surface area contributed by atoms with E-state index in [4.69, 9.17) is 21.6 Å². The molecule has 3 nitrogen and oxygen atoms in total. The van der Waals surface area contributed by atoms with Crippen molar-refractivity contribution in [2.75, 3.05) is 0 Å². The van der Waals surface area contributed by atoms with Gasteiger partial charge in [0.25, 0.3) is 0 Å². The minimum absolute atomic E-state index is 0.497. The quantitative estimate of drug-likeness (QED) is 0.243. The summed E-state index contributed by atoms with van der Waals surface area (Å²) in [5.74, 6) is 0.712. The minimum atomic E-state index is 0.497. The maximum atomic E-state index is 6.10. The fourth-order valence-electron chi connectivity index (χ4n) is 4.17. The first kappa shape index (κ1) is 21.2. The second-order valence-corrected chi connectivity index (χ2v) is 8.70. The molecule has 0 aliphatic rings. The first-order chi connectivity index (χ1) is 17.2. The Morgan fingerprint density at radius 3 is 1.66 bits per heavy atom. The molecule has 4 aromatic carbocycles. The summed E-state index contributed by atoms with van der Waals surface area (Å²) in [6.45, 7) is 0. The molecule has 6 aromatic rings. The number of nitrogens with zero attached hydrogens (tertiary/aromatic N) is 3. The van der Waals surface area contributed by atoms with E-state index in [1.165, 1.54) is 0 Å². The summed E-state index contributed by atoms with van der Waals surface area (Å²) in [4.78, 5) is 14.2. The summed E-state index contributed by atoms with van der Waals surface area (Å²) in [5, 5.41) is 1.56. The first-order valence-electron chi connectivity index (χ1n) is 11.4. The number of benzene rings is 4. The fourth-order valence-corrected chi connectivity index (χ4v) is 4.33. The lowest BCUT2D eigenvalue weighted by molar-refractivity contribution is 1.18. The monoisotopic (exact) mass is 469 g/mol. The zero-order valence-electron chi connectivity index (χ0n) is 18.8. The summed E-state index contributed by atoms with van der Waals surface area (Å²) < 4.78 is 0. The lowest BCUT2D eigenvalue weighted by atomic mass is 10.0. The highest BCUT2D eigenvalue weighted by Crippen LogP contribution is 2.30. The number of rotatable bonds is 4. The largest absolute Gasteiger partial charge is 0.236 e. The molecule has 2 heterocycles. The van der Waals surface area contributed by atoms with Gasteiger partial charge in [-0.2, -0.15) is 0 Å². The van der Waals surface area contributed by atoms with Crippen molar-refractivity contribution in [1.82, 2.24) is 15.0 Å². The molecular weight excluding hydrogens is 450 g/mol. The second kappa shape index (κ2) is 9.13. The van der Waals surface area contributed by atoms with Gasteiger partial charge in [0, 0.05) is 22.1 Å². The number of hydrogen-bond acceptors (Lipinski definition) is 3. The van der Waals surface area contributed by atoms with Crippen LogP contribution in [0.1, 0.15) is 0 Å². The van der Waals surface area contributed by atoms with Crippen molar-refractivity contribution in [3.05, 3.63) is 126 Å². The molecule has 0 saturated carbocycles. The van der Waals surface area contributed by atoms with Gasteiger partial charge in [-0.15, -0.1) is 0 Å². The van der Waals surface area contributed by atoms with Gasteiger partial charge in [-0.05, 0) is 35.4 Å². The molecule has 35 heavy (non-hydrogen) atoms. The molecule has 0 radical (unpaired) electrons. The zero-order chi connectivity index (χ0) is 23.6. The molecule has 0 spiro atoms. The summed E-state index contributed by atoms with van der Waals surface area (Å²) in [6.07, 6.45) is 0. The Kier molecular flexibility index (Phi) is 5.53. The van der Waals surface area contributed by atoms with Crippen molar-refractivity contribution in [1.29, 1.82) is 0 Å². The van der Waals surface area contributed by atoms with Crippen molar-refractivity contribution < 1.29 is 0 Å². The normalized spacial score (nSPS) is 11.0. The van der Waals surface area contributed by atoms with Crippen LogP contribution in [0.25, 0.3) is 55.9 Å². The topological polar surface area (TPSA) is 38.7 Å². The average molecular weight is 470 g/mol. The van der Waals surface area contributed by atoms with Crippen molar-refractivity contribution >= 4 is 22.5 Å². The fraction of sp³-hybridized carbons (Fsp3) is 0. The number of hydrogen-bond donors (Lipinski definition) is 0. The Hall–Kier alpha value is -4.34. The van der Waals surface area contributed by atoms with Crippen LogP contribution >= 0.6 is 11.6 Å². The molecule has 0 N–H and O–H groups in total. The van der Waals surface area contributed by atoms with E-state index < -0.39 is 0 Å². The SMILES string of the molecule is Clc1ccc2ccc(-c3ccc(-c4cc(-c5ccccc5)nc(-c5ccccc5)n4)cc3)cc2n1. The summed E-state index contributed by atoms with van der Waals surface area (Å²) in [6, 6.07) is 40.9. The maximum absolute atomic E-state index is 6.10. The molecule has 0 bridgehead atoms. The lowest BCUT2D eigenvalue weighted by Gasteiger charge is -2.10. The third-order valence-corrected chi connectivity index (χ3v) is 6.21. The molecule has 0 atom stereocenters. The van der Waals surface area contributed by atoms with Gasteiger partial charge in [0.15, 0.2) is 5.82 Å². The van der Waals surface area contributed by atoms with E-state index in [0.29, 0.717) is 11.0 Å². The van der Waals surface area contributed by atoms with Gasteiger partial charge in [-0.3, -0.25) is 0 Å². The molecule has 2 aromatic heterocycles. The molecule has 0 unspecified atom stereocenters. The van der Waals surface area contributed by atoms with Crippen molar-refractivity contribution in [2.45, 2.75) is 0 Å².